The van der Waals surface area contributed by atoms with Crippen LogP contribution in [-0.4, -0.2) is 42.0 Å². The van der Waals surface area contributed by atoms with Crippen molar-refractivity contribution in [2.75, 3.05) is 25.5 Å². The molecule has 7 nitrogen and oxygen atoms in total. The summed E-state index contributed by atoms with van der Waals surface area (Å²) in [6.45, 7) is 3.28. The molecule has 1 fully saturated rings. The van der Waals surface area contributed by atoms with Crippen LogP contribution < -0.4 is 10.1 Å². The van der Waals surface area contributed by atoms with Gasteiger partial charge in [-0.25, -0.2) is 0 Å². The quantitative estimate of drug-likeness (QED) is 0.643. The molecule has 1 amide bonds. The predicted molar refractivity (Wildman–Crippen MR) is 103 cm³/mol. The van der Waals surface area contributed by atoms with Gasteiger partial charge < -0.3 is 15.0 Å². The summed E-state index contributed by atoms with van der Waals surface area (Å²) < 4.78 is 5.42. The number of hydrogen-bond acceptors (Lipinski definition) is 5. The molecule has 27 heavy (non-hydrogen) atoms. The molecular formula is C20H23N3O4. The van der Waals surface area contributed by atoms with Gasteiger partial charge in [0.05, 0.1) is 17.7 Å². The number of amides is 1. The number of nitrogens with one attached hydrogen (secondary N) is 1. The van der Waals surface area contributed by atoms with Gasteiger partial charge in [0.15, 0.2) is 0 Å². The number of methoxy groups -OCH3 is 1. The number of rotatable bonds is 5. The second kappa shape index (κ2) is 8.07. The average Bonchev–Trinajstić information content (AvgIpc) is 2.68. The number of nitro benzene ring substituents is 1. The van der Waals surface area contributed by atoms with Crippen LogP contribution >= 0.6 is 0 Å². The third-order valence-electron chi connectivity index (χ3n) is 4.75. The summed E-state index contributed by atoms with van der Waals surface area (Å²) in [7, 11) is 1.64. The molecular weight excluding hydrogens is 346 g/mol. The maximum Gasteiger partial charge on any atom is 0.269 e. The van der Waals surface area contributed by atoms with Crippen LogP contribution in [0.3, 0.4) is 0 Å². The van der Waals surface area contributed by atoms with Gasteiger partial charge in [0.25, 0.3) is 11.6 Å². The zero-order valence-electron chi connectivity index (χ0n) is 15.5. The Bertz CT molecular complexity index is 836. The van der Waals surface area contributed by atoms with Gasteiger partial charge in [0.2, 0.25) is 0 Å². The van der Waals surface area contributed by atoms with Crippen molar-refractivity contribution in [1.82, 2.24) is 4.90 Å². The first-order valence-electron chi connectivity index (χ1n) is 8.93. The van der Waals surface area contributed by atoms with Gasteiger partial charge in [-0.2, -0.15) is 0 Å². The van der Waals surface area contributed by atoms with Gasteiger partial charge in [0.1, 0.15) is 5.75 Å². The van der Waals surface area contributed by atoms with E-state index in [1.807, 2.05) is 25.1 Å². The second-order valence-electron chi connectivity index (χ2n) is 6.74. The Kier molecular flexibility index (Phi) is 5.59. The van der Waals surface area contributed by atoms with Crippen molar-refractivity contribution in [3.8, 4) is 5.75 Å². The van der Waals surface area contributed by atoms with Gasteiger partial charge in [-0.1, -0.05) is 6.07 Å². The number of carbonyl (C=O) groups excluding carboxylic acids is 1. The summed E-state index contributed by atoms with van der Waals surface area (Å²) in [5, 5.41) is 14.3. The molecule has 2 aromatic carbocycles. The van der Waals surface area contributed by atoms with E-state index in [-0.39, 0.29) is 17.6 Å². The number of benzene rings is 2. The van der Waals surface area contributed by atoms with Gasteiger partial charge in [-0.3, -0.25) is 14.9 Å². The normalized spacial score (nSPS) is 16.7. The van der Waals surface area contributed by atoms with Crippen molar-refractivity contribution in [2.24, 2.45) is 0 Å². The van der Waals surface area contributed by atoms with E-state index in [1.165, 1.54) is 24.3 Å². The lowest BCUT2D eigenvalue weighted by Gasteiger charge is -2.34. The highest BCUT2D eigenvalue weighted by Crippen LogP contribution is 2.28. The van der Waals surface area contributed by atoms with E-state index < -0.39 is 4.92 Å². The third-order valence-corrected chi connectivity index (χ3v) is 4.75. The van der Waals surface area contributed by atoms with Crippen molar-refractivity contribution >= 4 is 17.3 Å². The molecule has 0 spiro atoms. The van der Waals surface area contributed by atoms with E-state index >= 15 is 0 Å². The minimum Gasteiger partial charge on any atom is -0.495 e. The molecule has 1 N–H and O–H groups in total. The summed E-state index contributed by atoms with van der Waals surface area (Å²) in [4.78, 5) is 24.9. The summed E-state index contributed by atoms with van der Waals surface area (Å²) in [6.07, 6.45) is 1.85. The number of nitrogens with zero attached hydrogens (tertiary/aromatic N) is 2. The van der Waals surface area contributed by atoms with Crippen LogP contribution in [0.5, 0.6) is 5.75 Å². The maximum absolute atomic E-state index is 12.8. The van der Waals surface area contributed by atoms with E-state index in [2.05, 4.69) is 5.32 Å². The summed E-state index contributed by atoms with van der Waals surface area (Å²) in [5.74, 6) is 0.673. The molecule has 142 valence electrons. The monoisotopic (exact) mass is 369 g/mol. The maximum atomic E-state index is 12.8. The van der Waals surface area contributed by atoms with Crippen molar-refractivity contribution in [3.63, 3.8) is 0 Å². The molecule has 1 aliphatic heterocycles. The molecule has 1 heterocycles. The summed E-state index contributed by atoms with van der Waals surface area (Å²) in [5.41, 5.74) is 2.51. The largest absolute Gasteiger partial charge is 0.495 e. The Balaban J connectivity index is 1.69. The average molecular weight is 369 g/mol. The van der Waals surface area contributed by atoms with E-state index in [0.717, 1.165) is 29.8 Å². The first kappa shape index (κ1) is 18.7. The fourth-order valence-corrected chi connectivity index (χ4v) is 3.34. The van der Waals surface area contributed by atoms with Crippen molar-refractivity contribution in [3.05, 3.63) is 63.7 Å². The predicted octanol–water partition coefficient (Wildman–Crippen LogP) is 3.63. The molecule has 1 atom stereocenters. The number of aryl methyl sites for hydroxylation is 1. The Morgan fingerprint density at radius 2 is 2.00 bits per heavy atom. The van der Waals surface area contributed by atoms with Gasteiger partial charge >= 0.3 is 0 Å². The van der Waals surface area contributed by atoms with Gasteiger partial charge in [-0.05, 0) is 49.6 Å². The lowest BCUT2D eigenvalue weighted by molar-refractivity contribution is -0.384. The van der Waals surface area contributed by atoms with Crippen LogP contribution in [0.1, 0.15) is 28.8 Å². The number of nitro groups is 1. The zero-order chi connectivity index (χ0) is 19.4. The highest BCUT2D eigenvalue weighted by atomic mass is 16.6. The fraction of sp³-hybridized carbons (Fsp3) is 0.350. The second-order valence-corrected chi connectivity index (χ2v) is 6.74. The number of hydrogen-bond donors (Lipinski definition) is 1. The van der Waals surface area contributed by atoms with E-state index in [0.29, 0.717) is 18.7 Å². The molecule has 1 saturated heterocycles. The molecule has 7 heteroatoms. The molecule has 0 radical (unpaired) electrons. The Morgan fingerprint density at radius 1 is 1.26 bits per heavy atom. The lowest BCUT2D eigenvalue weighted by atomic mass is 10.0. The molecule has 0 aromatic heterocycles. The number of non-ortho nitro benzene ring substituents is 1. The Labute approximate surface area is 158 Å². The fourth-order valence-electron chi connectivity index (χ4n) is 3.34. The molecule has 0 aliphatic carbocycles. The standard InChI is InChI=1S/C20H23N3O4/c1-14-5-10-19(27-2)18(12-14)21-16-4-3-11-22(13-16)20(24)15-6-8-17(9-7-15)23(25)26/h5-10,12,16,21H,3-4,11,13H2,1-2H3. The van der Waals surface area contributed by atoms with Crippen LogP contribution in [0.15, 0.2) is 42.5 Å². The SMILES string of the molecule is COc1ccc(C)cc1NC1CCCN(C(=O)c2ccc([N+](=O)[O-])cc2)C1. The summed E-state index contributed by atoms with van der Waals surface area (Å²) >= 11 is 0. The van der Waals surface area contributed by atoms with Crippen LogP contribution in [0.25, 0.3) is 0 Å². The lowest BCUT2D eigenvalue weighted by Crippen LogP contribution is -2.45. The first-order chi connectivity index (χ1) is 13.0. The Hall–Kier alpha value is -3.09. The van der Waals surface area contributed by atoms with Crippen molar-refractivity contribution < 1.29 is 14.5 Å². The molecule has 1 unspecified atom stereocenters. The number of ether oxygens (including phenoxy) is 1. The molecule has 1 aliphatic rings. The van der Waals surface area contributed by atoms with E-state index in [9.17, 15) is 14.9 Å². The number of carbonyl (C=O) groups is 1. The summed E-state index contributed by atoms with van der Waals surface area (Å²) in [6, 6.07) is 11.8. The number of piperidine rings is 1. The zero-order valence-corrected chi connectivity index (χ0v) is 15.5. The first-order valence-corrected chi connectivity index (χ1v) is 8.93. The topological polar surface area (TPSA) is 84.7 Å². The minimum atomic E-state index is -0.468. The number of anilines is 1. The molecule has 2 aromatic rings. The van der Waals surface area contributed by atoms with Crippen LogP contribution in [0.4, 0.5) is 11.4 Å². The smallest absolute Gasteiger partial charge is 0.269 e. The van der Waals surface area contributed by atoms with Gasteiger partial charge in [0, 0.05) is 36.8 Å². The van der Waals surface area contributed by atoms with Crippen LogP contribution in [0, 0.1) is 17.0 Å². The van der Waals surface area contributed by atoms with Gasteiger partial charge in [-0.15, -0.1) is 0 Å². The third kappa shape index (κ3) is 4.36. The van der Waals surface area contributed by atoms with E-state index in [4.69, 9.17) is 4.74 Å². The van der Waals surface area contributed by atoms with E-state index in [1.54, 1.807) is 12.0 Å². The Morgan fingerprint density at radius 3 is 2.67 bits per heavy atom. The molecule has 0 saturated carbocycles. The van der Waals surface area contributed by atoms with Crippen molar-refractivity contribution in [1.29, 1.82) is 0 Å². The molecule has 3 rings (SSSR count). The highest BCUT2D eigenvalue weighted by molar-refractivity contribution is 5.94. The van der Waals surface area contributed by atoms with Crippen LogP contribution in [0.2, 0.25) is 0 Å². The number of likely N-dealkylation sites (tertiary alicyclic amines) is 1. The molecule has 0 bridgehead atoms. The van der Waals surface area contributed by atoms with Crippen molar-refractivity contribution in [2.45, 2.75) is 25.8 Å². The highest BCUT2D eigenvalue weighted by Gasteiger charge is 2.25. The van der Waals surface area contributed by atoms with Crippen LogP contribution in [-0.2, 0) is 0 Å². The minimum absolute atomic E-state index is 0.0173.